The molecule has 0 fully saturated rings. The summed E-state index contributed by atoms with van der Waals surface area (Å²) in [7, 11) is 0. The number of furan rings is 1. The predicted molar refractivity (Wildman–Crippen MR) is 104 cm³/mol. The van der Waals surface area contributed by atoms with Gasteiger partial charge in [0, 0.05) is 18.0 Å². The van der Waals surface area contributed by atoms with Crippen LogP contribution in [0.4, 0.5) is 0 Å². The van der Waals surface area contributed by atoms with Gasteiger partial charge in [0.25, 0.3) is 5.91 Å². The number of carbonyl (C=O) groups is 1. The Kier molecular flexibility index (Phi) is 4.97. The maximum absolute atomic E-state index is 12.8. The zero-order chi connectivity index (χ0) is 19.3. The predicted octanol–water partition coefficient (Wildman–Crippen LogP) is 3.41. The second-order valence-electron chi connectivity index (χ2n) is 6.22. The molecule has 3 aromatic heterocycles. The van der Waals surface area contributed by atoms with Crippen LogP contribution in [0.2, 0.25) is 0 Å². The fraction of sp³-hybridized carbons (Fsp3) is 0.143. The lowest BCUT2D eigenvalue weighted by molar-refractivity contribution is 0.0943. The molecule has 7 nitrogen and oxygen atoms in total. The van der Waals surface area contributed by atoms with Gasteiger partial charge in [-0.05, 0) is 48.4 Å². The van der Waals surface area contributed by atoms with Crippen molar-refractivity contribution >= 4 is 5.91 Å². The number of nitrogens with one attached hydrogen (secondary N) is 1. The Morgan fingerprint density at radius 1 is 1.14 bits per heavy atom. The van der Waals surface area contributed by atoms with E-state index in [1.807, 2.05) is 36.4 Å². The second-order valence-corrected chi connectivity index (χ2v) is 6.22. The minimum atomic E-state index is -0.327. The molecule has 3 heterocycles. The summed E-state index contributed by atoms with van der Waals surface area (Å²) < 4.78 is 6.93. The van der Waals surface area contributed by atoms with Crippen LogP contribution in [0, 0.1) is 0 Å². The van der Waals surface area contributed by atoms with Crippen LogP contribution in [0.5, 0.6) is 0 Å². The van der Waals surface area contributed by atoms with Crippen LogP contribution in [-0.4, -0.2) is 25.9 Å². The lowest BCUT2D eigenvalue weighted by Crippen LogP contribution is -2.23. The monoisotopic (exact) mass is 373 g/mol. The van der Waals surface area contributed by atoms with Gasteiger partial charge in [-0.3, -0.25) is 9.78 Å². The molecule has 7 heteroatoms. The van der Waals surface area contributed by atoms with Crippen LogP contribution >= 0.6 is 0 Å². The molecule has 0 spiro atoms. The van der Waals surface area contributed by atoms with Crippen molar-refractivity contribution in [1.29, 1.82) is 0 Å². The maximum atomic E-state index is 12.8. The van der Waals surface area contributed by atoms with Crippen molar-refractivity contribution in [2.75, 3.05) is 0 Å². The van der Waals surface area contributed by atoms with Crippen LogP contribution in [-0.2, 0) is 13.0 Å². The van der Waals surface area contributed by atoms with Crippen LogP contribution in [0.1, 0.15) is 28.7 Å². The van der Waals surface area contributed by atoms with E-state index in [0.717, 1.165) is 17.7 Å². The van der Waals surface area contributed by atoms with Gasteiger partial charge in [-0.1, -0.05) is 24.3 Å². The van der Waals surface area contributed by atoms with E-state index < -0.39 is 0 Å². The highest BCUT2D eigenvalue weighted by molar-refractivity contribution is 5.98. The van der Waals surface area contributed by atoms with E-state index in [9.17, 15) is 4.79 Å². The maximum Gasteiger partial charge on any atom is 0.274 e. The highest BCUT2D eigenvalue weighted by Crippen LogP contribution is 2.25. The molecule has 1 amide bonds. The third-order valence-electron chi connectivity index (χ3n) is 4.41. The van der Waals surface area contributed by atoms with Gasteiger partial charge < -0.3 is 9.73 Å². The van der Waals surface area contributed by atoms with Crippen molar-refractivity contribution in [2.45, 2.75) is 19.9 Å². The van der Waals surface area contributed by atoms with Crippen molar-refractivity contribution in [3.05, 3.63) is 84.2 Å². The molecule has 0 aliphatic carbocycles. The van der Waals surface area contributed by atoms with E-state index in [0.29, 0.717) is 11.5 Å². The van der Waals surface area contributed by atoms with Crippen molar-refractivity contribution in [1.82, 2.24) is 25.3 Å². The zero-order valence-electron chi connectivity index (χ0n) is 15.4. The van der Waals surface area contributed by atoms with E-state index in [-0.39, 0.29) is 18.1 Å². The molecule has 28 heavy (non-hydrogen) atoms. The number of aromatic nitrogens is 4. The first-order chi connectivity index (χ1) is 13.8. The van der Waals surface area contributed by atoms with Gasteiger partial charge in [-0.15, -0.1) is 5.10 Å². The normalized spacial score (nSPS) is 10.8. The van der Waals surface area contributed by atoms with Crippen molar-refractivity contribution < 1.29 is 9.21 Å². The Labute approximate surface area is 162 Å². The highest BCUT2D eigenvalue weighted by atomic mass is 16.3. The first kappa shape index (κ1) is 17.7. The second kappa shape index (κ2) is 7.87. The first-order valence-corrected chi connectivity index (χ1v) is 9.02. The van der Waals surface area contributed by atoms with Crippen LogP contribution in [0.3, 0.4) is 0 Å². The fourth-order valence-electron chi connectivity index (χ4n) is 2.91. The molecule has 0 saturated heterocycles. The third-order valence-corrected chi connectivity index (χ3v) is 4.41. The lowest BCUT2D eigenvalue weighted by Gasteiger charge is -2.09. The quantitative estimate of drug-likeness (QED) is 0.560. The van der Waals surface area contributed by atoms with Gasteiger partial charge >= 0.3 is 0 Å². The number of amides is 1. The van der Waals surface area contributed by atoms with E-state index >= 15 is 0 Å². The molecule has 1 N–H and O–H groups in total. The number of carbonyl (C=O) groups excluding carboxylic acids is 1. The van der Waals surface area contributed by atoms with Crippen molar-refractivity contribution in [3.8, 4) is 16.9 Å². The Morgan fingerprint density at radius 3 is 2.68 bits per heavy atom. The molecule has 4 aromatic rings. The molecular formula is C21H19N5O2. The van der Waals surface area contributed by atoms with Crippen molar-refractivity contribution in [2.24, 2.45) is 0 Å². The third kappa shape index (κ3) is 3.55. The summed E-state index contributed by atoms with van der Waals surface area (Å²) >= 11 is 0. The largest absolute Gasteiger partial charge is 0.467 e. The number of nitrogens with zero attached hydrogens (tertiary/aromatic N) is 4. The smallest absolute Gasteiger partial charge is 0.274 e. The van der Waals surface area contributed by atoms with Crippen molar-refractivity contribution in [3.63, 3.8) is 0 Å². The average molecular weight is 373 g/mol. The molecular weight excluding hydrogens is 354 g/mol. The minimum absolute atomic E-state index is 0.235. The summed E-state index contributed by atoms with van der Waals surface area (Å²) in [5.74, 6) is 0.338. The first-order valence-electron chi connectivity index (χ1n) is 9.02. The van der Waals surface area contributed by atoms with E-state index in [1.54, 1.807) is 35.5 Å². The van der Waals surface area contributed by atoms with Gasteiger partial charge in [-0.25, -0.2) is 4.68 Å². The van der Waals surface area contributed by atoms with Crippen LogP contribution in [0.15, 0.2) is 71.6 Å². The lowest BCUT2D eigenvalue weighted by atomic mass is 10.1. The number of rotatable bonds is 6. The molecule has 0 bridgehead atoms. The highest BCUT2D eigenvalue weighted by Gasteiger charge is 2.22. The summed E-state index contributed by atoms with van der Waals surface area (Å²) in [5.41, 5.74) is 3.64. The number of benzene rings is 1. The number of hydrogen-bond donors (Lipinski definition) is 1. The number of pyridine rings is 1. The molecule has 140 valence electrons. The van der Waals surface area contributed by atoms with Crippen LogP contribution < -0.4 is 5.32 Å². The number of aryl methyl sites for hydroxylation is 1. The fourth-order valence-corrected chi connectivity index (χ4v) is 2.91. The van der Waals surface area contributed by atoms with Gasteiger partial charge in [0.1, 0.15) is 11.5 Å². The van der Waals surface area contributed by atoms with Gasteiger partial charge in [0.15, 0.2) is 5.69 Å². The molecule has 0 aliphatic heterocycles. The molecule has 0 aliphatic rings. The molecule has 0 saturated carbocycles. The van der Waals surface area contributed by atoms with Gasteiger partial charge in [-0.2, -0.15) is 0 Å². The Bertz CT molecular complexity index is 1050. The summed E-state index contributed by atoms with van der Waals surface area (Å²) in [5, 5.41) is 11.2. The Morgan fingerprint density at radius 2 is 2.00 bits per heavy atom. The van der Waals surface area contributed by atoms with E-state index in [2.05, 4.69) is 27.5 Å². The summed E-state index contributed by atoms with van der Waals surface area (Å²) in [6, 6.07) is 15.3. The number of hydrogen-bond acceptors (Lipinski definition) is 5. The average Bonchev–Trinajstić information content (AvgIpc) is 3.43. The molecule has 0 atom stereocenters. The minimum Gasteiger partial charge on any atom is -0.467 e. The zero-order valence-corrected chi connectivity index (χ0v) is 15.4. The standard InChI is InChI=1S/C21H19N5O2/c1-2-15-7-9-17(10-8-15)26-20(16-5-3-11-22-13-16)19(24-25-26)21(27)23-14-18-6-4-12-28-18/h3-13H,2,14H2,1H3,(H,23,27). The molecule has 0 radical (unpaired) electrons. The van der Waals surface area contributed by atoms with Gasteiger partial charge in [0.2, 0.25) is 0 Å². The van der Waals surface area contributed by atoms with E-state index in [4.69, 9.17) is 4.42 Å². The topological polar surface area (TPSA) is 85.8 Å². The molecule has 4 rings (SSSR count). The molecule has 1 aromatic carbocycles. The summed E-state index contributed by atoms with van der Waals surface area (Å²) in [6.45, 7) is 2.38. The van der Waals surface area contributed by atoms with E-state index in [1.165, 1.54) is 5.56 Å². The van der Waals surface area contributed by atoms with Gasteiger partial charge in [0.05, 0.1) is 18.5 Å². The summed E-state index contributed by atoms with van der Waals surface area (Å²) in [6.07, 6.45) is 5.90. The van der Waals surface area contributed by atoms with Crippen LogP contribution in [0.25, 0.3) is 16.9 Å². The molecule has 0 unspecified atom stereocenters. The Balaban J connectivity index is 1.72. The SMILES string of the molecule is CCc1ccc(-n2nnc(C(=O)NCc3ccco3)c2-c2cccnc2)cc1. The Hall–Kier alpha value is -3.74. The summed E-state index contributed by atoms with van der Waals surface area (Å²) in [4.78, 5) is 17.0.